The molecular formula is C20H14N2O4. The van der Waals surface area contributed by atoms with Gasteiger partial charge in [-0.15, -0.1) is 0 Å². The number of para-hydroxylation sites is 2. The number of benzene rings is 2. The van der Waals surface area contributed by atoms with Crippen LogP contribution in [0.1, 0.15) is 27.9 Å². The van der Waals surface area contributed by atoms with E-state index >= 15 is 0 Å². The van der Waals surface area contributed by atoms with Gasteiger partial charge >= 0.3 is 0 Å². The van der Waals surface area contributed by atoms with Crippen molar-refractivity contribution in [2.75, 3.05) is 7.11 Å². The average Bonchev–Trinajstić information content (AvgIpc) is 3.21. The molecule has 0 spiro atoms. The fourth-order valence-corrected chi connectivity index (χ4v) is 3.02. The summed E-state index contributed by atoms with van der Waals surface area (Å²) in [5.41, 5.74) is 2.03. The van der Waals surface area contributed by atoms with E-state index in [1.165, 1.54) is 0 Å². The van der Waals surface area contributed by atoms with Crippen LogP contribution in [-0.2, 0) is 0 Å². The zero-order chi connectivity index (χ0) is 18.3. The number of nitriles is 1. The molecule has 0 fully saturated rings. The first-order valence-electron chi connectivity index (χ1n) is 7.99. The van der Waals surface area contributed by atoms with E-state index < -0.39 is 11.7 Å². The fraction of sp³-hybridized carbons (Fsp3) is 0.150. The van der Waals surface area contributed by atoms with Crippen molar-refractivity contribution in [2.45, 2.75) is 12.8 Å². The maximum absolute atomic E-state index is 13.1. The summed E-state index contributed by atoms with van der Waals surface area (Å²) in [6.45, 7) is 1.69. The third-order valence-corrected chi connectivity index (χ3v) is 4.27. The number of carbonyl (C=O) groups is 1. The van der Waals surface area contributed by atoms with Crippen LogP contribution in [0.5, 0.6) is 5.75 Å². The van der Waals surface area contributed by atoms with Crippen molar-refractivity contribution in [1.29, 1.82) is 5.26 Å². The van der Waals surface area contributed by atoms with Gasteiger partial charge in [-0.1, -0.05) is 12.1 Å². The molecule has 0 aliphatic heterocycles. The monoisotopic (exact) mass is 346 g/mol. The molecule has 4 rings (SSSR count). The van der Waals surface area contributed by atoms with E-state index in [9.17, 15) is 10.1 Å². The lowest BCUT2D eigenvalue weighted by Crippen LogP contribution is -2.12. The lowest BCUT2D eigenvalue weighted by atomic mass is 9.96. The van der Waals surface area contributed by atoms with Crippen LogP contribution in [0.25, 0.3) is 22.1 Å². The highest BCUT2D eigenvalue weighted by molar-refractivity contribution is 6.12. The topological polar surface area (TPSA) is 89.3 Å². The molecule has 26 heavy (non-hydrogen) atoms. The number of carbonyl (C=O) groups excluding carboxylic acids is 1. The van der Waals surface area contributed by atoms with E-state index in [4.69, 9.17) is 13.6 Å². The van der Waals surface area contributed by atoms with Crippen molar-refractivity contribution in [2.24, 2.45) is 0 Å². The van der Waals surface area contributed by atoms with E-state index in [2.05, 4.69) is 4.98 Å². The van der Waals surface area contributed by atoms with E-state index in [1.54, 1.807) is 50.4 Å². The smallest absolute Gasteiger partial charge is 0.220 e. The van der Waals surface area contributed by atoms with E-state index in [-0.39, 0.29) is 5.89 Å². The van der Waals surface area contributed by atoms with Gasteiger partial charge < -0.3 is 13.6 Å². The van der Waals surface area contributed by atoms with Gasteiger partial charge in [-0.25, -0.2) is 4.98 Å². The maximum atomic E-state index is 13.1. The molecule has 0 bridgehead atoms. The highest BCUT2D eigenvalue weighted by Crippen LogP contribution is 2.33. The first-order valence-corrected chi connectivity index (χ1v) is 7.99. The van der Waals surface area contributed by atoms with Crippen LogP contribution in [-0.4, -0.2) is 17.9 Å². The van der Waals surface area contributed by atoms with Crippen molar-refractivity contribution in [3.8, 4) is 11.8 Å². The Morgan fingerprint density at radius 1 is 1.19 bits per heavy atom. The lowest BCUT2D eigenvalue weighted by molar-refractivity contribution is 0.0970. The number of furan rings is 1. The molecule has 128 valence electrons. The zero-order valence-corrected chi connectivity index (χ0v) is 14.1. The van der Waals surface area contributed by atoms with Gasteiger partial charge in [0.2, 0.25) is 5.89 Å². The highest BCUT2D eigenvalue weighted by Gasteiger charge is 2.31. The quantitative estimate of drug-likeness (QED) is 0.509. The molecule has 0 radical (unpaired) electrons. The third-order valence-electron chi connectivity index (χ3n) is 4.27. The van der Waals surface area contributed by atoms with Crippen LogP contribution in [0, 0.1) is 18.3 Å². The van der Waals surface area contributed by atoms with Gasteiger partial charge in [0, 0.05) is 5.39 Å². The van der Waals surface area contributed by atoms with Gasteiger partial charge in [-0.05, 0) is 37.3 Å². The number of fused-ring (bicyclic) bond motifs is 2. The summed E-state index contributed by atoms with van der Waals surface area (Å²) in [6, 6.07) is 14.4. The molecule has 0 aliphatic carbocycles. The van der Waals surface area contributed by atoms with E-state index in [1.807, 2.05) is 12.1 Å². The molecule has 0 aliphatic rings. The number of oxazole rings is 1. The van der Waals surface area contributed by atoms with Crippen LogP contribution in [0.4, 0.5) is 0 Å². The second-order valence-electron chi connectivity index (χ2n) is 5.84. The van der Waals surface area contributed by atoms with Crippen molar-refractivity contribution in [3.63, 3.8) is 0 Å². The summed E-state index contributed by atoms with van der Waals surface area (Å²) in [5.74, 6) is -0.454. The summed E-state index contributed by atoms with van der Waals surface area (Å²) in [5, 5.41) is 10.2. The second kappa shape index (κ2) is 6.05. The molecule has 6 nitrogen and oxygen atoms in total. The first-order chi connectivity index (χ1) is 12.6. The number of Topliss-reactive ketones (excluding diaryl/α,β-unsaturated/α-hetero) is 1. The Labute approximate surface area is 148 Å². The van der Waals surface area contributed by atoms with Crippen molar-refractivity contribution in [3.05, 3.63) is 59.7 Å². The first kappa shape index (κ1) is 15.9. The fourth-order valence-electron chi connectivity index (χ4n) is 3.02. The summed E-state index contributed by atoms with van der Waals surface area (Å²) >= 11 is 0. The summed E-state index contributed by atoms with van der Waals surface area (Å²) < 4.78 is 16.5. The number of hydrogen-bond acceptors (Lipinski definition) is 6. The summed E-state index contributed by atoms with van der Waals surface area (Å²) in [4.78, 5) is 17.4. The predicted octanol–water partition coefficient (Wildman–Crippen LogP) is 4.38. The molecule has 1 atom stereocenters. The Balaban J connectivity index is 1.84. The normalized spacial score (nSPS) is 12.2. The number of hydrogen-bond donors (Lipinski definition) is 0. The van der Waals surface area contributed by atoms with Gasteiger partial charge in [0.05, 0.1) is 18.7 Å². The number of nitrogens with zero attached hydrogens (tertiary/aromatic N) is 2. The average molecular weight is 346 g/mol. The minimum absolute atomic E-state index is 0.0790. The summed E-state index contributed by atoms with van der Waals surface area (Å²) in [6.07, 6.45) is 0. The van der Waals surface area contributed by atoms with Gasteiger partial charge in [0.1, 0.15) is 22.6 Å². The summed E-state index contributed by atoms with van der Waals surface area (Å²) in [7, 11) is 1.55. The molecule has 0 amide bonds. The van der Waals surface area contributed by atoms with Gasteiger partial charge in [0.15, 0.2) is 17.3 Å². The van der Waals surface area contributed by atoms with Gasteiger partial charge in [-0.3, -0.25) is 4.79 Å². The molecule has 2 heterocycles. The minimum Gasteiger partial charge on any atom is -0.497 e. The maximum Gasteiger partial charge on any atom is 0.220 e. The molecule has 4 aromatic rings. The molecule has 0 saturated carbocycles. The SMILES string of the molecule is COc1ccc2oc(C)c(C(=O)C(C#N)c3nc4ccccc4o3)c2c1. The number of aryl methyl sites for hydroxylation is 1. The molecule has 0 saturated heterocycles. The number of ketones is 1. The second-order valence-corrected chi connectivity index (χ2v) is 5.84. The Bertz CT molecular complexity index is 1150. The number of aromatic nitrogens is 1. The van der Waals surface area contributed by atoms with Crippen molar-refractivity contribution >= 4 is 27.9 Å². The van der Waals surface area contributed by atoms with E-state index in [0.29, 0.717) is 39.1 Å². The third kappa shape index (κ3) is 2.42. The van der Waals surface area contributed by atoms with Crippen LogP contribution in [0.15, 0.2) is 51.3 Å². The molecule has 0 N–H and O–H groups in total. The zero-order valence-electron chi connectivity index (χ0n) is 14.1. The van der Waals surface area contributed by atoms with Crippen molar-refractivity contribution < 1.29 is 18.4 Å². The van der Waals surface area contributed by atoms with Gasteiger partial charge in [-0.2, -0.15) is 5.26 Å². The number of ether oxygens (including phenoxy) is 1. The van der Waals surface area contributed by atoms with Crippen LogP contribution >= 0.6 is 0 Å². The molecular weight excluding hydrogens is 332 g/mol. The van der Waals surface area contributed by atoms with Crippen molar-refractivity contribution in [1.82, 2.24) is 4.98 Å². The van der Waals surface area contributed by atoms with Crippen LogP contribution < -0.4 is 4.74 Å². The van der Waals surface area contributed by atoms with Gasteiger partial charge in [0.25, 0.3) is 0 Å². The Hall–Kier alpha value is -3.59. The Morgan fingerprint density at radius 3 is 2.73 bits per heavy atom. The van der Waals surface area contributed by atoms with Crippen LogP contribution in [0.3, 0.4) is 0 Å². The molecule has 2 aromatic heterocycles. The van der Waals surface area contributed by atoms with Crippen LogP contribution in [0.2, 0.25) is 0 Å². The Kier molecular flexibility index (Phi) is 3.70. The largest absolute Gasteiger partial charge is 0.497 e. The predicted molar refractivity (Wildman–Crippen MR) is 94.2 cm³/mol. The van der Waals surface area contributed by atoms with E-state index in [0.717, 1.165) is 0 Å². The Morgan fingerprint density at radius 2 is 2.00 bits per heavy atom. The molecule has 1 unspecified atom stereocenters. The minimum atomic E-state index is -1.16. The molecule has 2 aromatic carbocycles. The lowest BCUT2D eigenvalue weighted by Gasteiger charge is -2.04. The number of methoxy groups -OCH3 is 1. The highest BCUT2D eigenvalue weighted by atomic mass is 16.5. The standard InChI is InChI=1S/C20H14N2O4/c1-11-18(13-9-12(24-2)7-8-16(13)25-11)19(23)14(10-21)20-22-15-5-3-4-6-17(15)26-20/h3-9,14H,1-2H3. The molecule has 6 heteroatoms. The number of rotatable bonds is 4.